The quantitative estimate of drug-likeness (QED) is 0.636. The minimum absolute atomic E-state index is 0. The molecule has 0 amide bonds. The Morgan fingerprint density at radius 3 is 2.60 bits per heavy atom. The van der Waals surface area contributed by atoms with Gasteiger partial charge >= 0.3 is 0 Å². The fraction of sp³-hybridized carbons (Fsp3) is 0.222. The summed E-state index contributed by atoms with van der Waals surface area (Å²) in [5.41, 5.74) is 0.538. The molecule has 0 heterocycles. The van der Waals surface area contributed by atoms with Gasteiger partial charge in [-0.05, 0) is 24.6 Å². The predicted molar refractivity (Wildman–Crippen MR) is 55.6 cm³/mol. The van der Waals surface area contributed by atoms with Crippen molar-refractivity contribution in [3.63, 3.8) is 0 Å². The number of rotatable bonds is 3. The zero-order valence-corrected chi connectivity index (χ0v) is 11.3. The van der Waals surface area contributed by atoms with Gasteiger partial charge in [-0.1, -0.05) is 6.07 Å². The van der Waals surface area contributed by atoms with E-state index in [9.17, 15) is 13.4 Å². The Balaban J connectivity index is 0.00000196. The first-order valence-corrected chi connectivity index (χ1v) is 5.00. The molecule has 0 saturated heterocycles. The second-order valence-corrected chi connectivity index (χ2v) is 3.83. The van der Waals surface area contributed by atoms with Crippen LogP contribution in [0.25, 0.3) is 0 Å². The number of carbonyl (C=O) groups excluding carboxylic acids is 1. The fourth-order valence-electron chi connectivity index (χ4n) is 1.08. The van der Waals surface area contributed by atoms with Crippen molar-refractivity contribution in [1.82, 2.24) is 0 Å². The minimum Gasteiger partial charge on any atom is -0.302 e. The van der Waals surface area contributed by atoms with E-state index in [0.29, 0.717) is 5.56 Å². The summed E-state index contributed by atoms with van der Waals surface area (Å²) in [6.07, 6.45) is 0.143. The summed E-state index contributed by atoms with van der Waals surface area (Å²) >= 11 is -2.35. The van der Waals surface area contributed by atoms with Gasteiger partial charge in [0, 0.05) is 36.0 Å². The topological polar surface area (TPSA) is 54.4 Å². The van der Waals surface area contributed by atoms with Crippen molar-refractivity contribution in [3.8, 4) is 0 Å². The number of carbonyl (C=O) groups is 1. The first kappa shape index (κ1) is 14.9. The predicted octanol–water partition coefficient (Wildman–Crippen LogP) is 1.16. The van der Waals surface area contributed by atoms with Crippen LogP contribution in [0.15, 0.2) is 23.1 Å². The average molecular weight is 239 g/mol. The van der Waals surface area contributed by atoms with E-state index in [-0.39, 0.29) is 46.7 Å². The van der Waals surface area contributed by atoms with Gasteiger partial charge in [0.15, 0.2) is 11.1 Å². The number of Topliss-reactive ketones (excluding diaryl/α,β-unsaturated/α-hetero) is 1. The zero-order chi connectivity index (χ0) is 10.7. The maximum absolute atomic E-state index is 12.9. The Kier molecular flexibility index (Phi) is 6.47. The van der Waals surface area contributed by atoms with E-state index >= 15 is 0 Å². The first-order valence-electron chi connectivity index (χ1n) is 3.89. The van der Waals surface area contributed by atoms with Crippen LogP contribution in [-0.4, -0.2) is 44.1 Å². The average Bonchev–Trinajstić information content (AvgIpc) is 2.07. The molecule has 6 heteroatoms. The third-order valence-corrected chi connectivity index (χ3v) is 2.33. The van der Waals surface area contributed by atoms with Crippen molar-refractivity contribution in [1.29, 1.82) is 0 Å². The van der Waals surface area contributed by atoms with Gasteiger partial charge in [-0.25, -0.2) is 8.60 Å². The minimum atomic E-state index is -2.35. The normalized spacial score (nSPS) is 11.7. The van der Waals surface area contributed by atoms with Crippen molar-refractivity contribution in [2.75, 3.05) is 0 Å². The monoisotopic (exact) mass is 239 g/mol. The summed E-state index contributed by atoms with van der Waals surface area (Å²) in [6.45, 7) is 1.40. The maximum atomic E-state index is 12.9. The molecule has 1 aromatic carbocycles. The van der Waals surface area contributed by atoms with E-state index in [0.717, 1.165) is 6.07 Å². The van der Waals surface area contributed by atoms with Crippen molar-refractivity contribution < 1.29 is 17.9 Å². The van der Waals surface area contributed by atoms with Crippen LogP contribution in [-0.2, 0) is 22.3 Å². The van der Waals surface area contributed by atoms with E-state index in [4.69, 9.17) is 4.55 Å². The van der Waals surface area contributed by atoms with Crippen LogP contribution in [0.2, 0.25) is 0 Å². The van der Waals surface area contributed by atoms with Crippen LogP contribution in [0.5, 0.6) is 0 Å². The number of benzene rings is 1. The van der Waals surface area contributed by atoms with Gasteiger partial charge in [-0.2, -0.15) is 0 Å². The molecule has 1 radical (unpaired) electrons. The van der Waals surface area contributed by atoms with Gasteiger partial charge < -0.3 is 4.55 Å². The van der Waals surface area contributed by atoms with Crippen LogP contribution in [0.4, 0.5) is 4.39 Å². The number of ketones is 1. The molecule has 0 bridgehead atoms. The molecule has 3 nitrogen and oxygen atoms in total. The Labute approximate surface area is 112 Å². The molecule has 15 heavy (non-hydrogen) atoms. The van der Waals surface area contributed by atoms with Crippen molar-refractivity contribution in [2.45, 2.75) is 18.2 Å². The molecular formula is C9H9FNaO3S. The molecule has 0 fully saturated rings. The zero-order valence-electron chi connectivity index (χ0n) is 8.49. The molecule has 77 valence electrons. The number of hydrogen-bond donors (Lipinski definition) is 1. The molecule has 0 aliphatic carbocycles. The summed E-state index contributed by atoms with van der Waals surface area (Å²) in [7, 11) is 0. The van der Waals surface area contributed by atoms with Gasteiger partial charge in [-0.15, -0.1) is 0 Å². The summed E-state index contributed by atoms with van der Waals surface area (Å²) < 4.78 is 32.3. The summed E-state index contributed by atoms with van der Waals surface area (Å²) in [5, 5.41) is 0. The van der Waals surface area contributed by atoms with Crippen molar-refractivity contribution in [3.05, 3.63) is 29.6 Å². The third-order valence-electron chi connectivity index (χ3n) is 1.64. The molecule has 1 rings (SSSR count). The Morgan fingerprint density at radius 2 is 2.13 bits per heavy atom. The number of hydrogen-bond acceptors (Lipinski definition) is 2. The maximum Gasteiger partial charge on any atom is 0.189 e. The second kappa shape index (κ2) is 6.50. The molecule has 0 saturated carbocycles. The molecule has 1 N–H and O–H groups in total. The molecular weight excluding hydrogens is 230 g/mol. The van der Waals surface area contributed by atoms with Crippen LogP contribution in [0.1, 0.15) is 12.5 Å². The molecule has 0 spiro atoms. The fourth-order valence-corrected chi connectivity index (χ4v) is 1.57. The van der Waals surface area contributed by atoms with Gasteiger partial charge in [0.25, 0.3) is 0 Å². The van der Waals surface area contributed by atoms with Crippen molar-refractivity contribution in [2.24, 2.45) is 0 Å². The Morgan fingerprint density at radius 1 is 1.53 bits per heavy atom. The smallest absolute Gasteiger partial charge is 0.189 e. The van der Waals surface area contributed by atoms with Gasteiger partial charge in [0.1, 0.15) is 16.5 Å². The van der Waals surface area contributed by atoms with Crippen LogP contribution in [0.3, 0.4) is 0 Å². The summed E-state index contributed by atoms with van der Waals surface area (Å²) in [4.78, 5) is 10.5. The Bertz CT molecular complexity index is 395. The third kappa shape index (κ3) is 4.53. The van der Waals surface area contributed by atoms with Crippen LogP contribution < -0.4 is 0 Å². The number of halogens is 1. The van der Waals surface area contributed by atoms with Gasteiger partial charge in [-0.3, -0.25) is 4.79 Å². The SMILES string of the molecule is CC(=O)Cc1ccc(F)c(S(=O)O)c1.[Na]. The Hall–Kier alpha value is -0.0700. The van der Waals surface area contributed by atoms with E-state index < -0.39 is 16.9 Å². The van der Waals surface area contributed by atoms with E-state index in [1.165, 1.54) is 19.1 Å². The molecule has 0 aliphatic rings. The van der Waals surface area contributed by atoms with E-state index in [1.807, 2.05) is 0 Å². The molecule has 0 aromatic heterocycles. The van der Waals surface area contributed by atoms with Crippen molar-refractivity contribution >= 4 is 46.4 Å². The molecule has 1 unspecified atom stereocenters. The first-order chi connectivity index (χ1) is 6.50. The van der Waals surface area contributed by atoms with E-state index in [1.54, 1.807) is 0 Å². The largest absolute Gasteiger partial charge is 0.302 e. The van der Waals surface area contributed by atoms with Gasteiger partial charge in [0.05, 0.1) is 0 Å². The van der Waals surface area contributed by atoms with Crippen LogP contribution in [0, 0.1) is 5.82 Å². The van der Waals surface area contributed by atoms with Crippen LogP contribution >= 0.6 is 0 Å². The van der Waals surface area contributed by atoms with Gasteiger partial charge in [0.2, 0.25) is 0 Å². The second-order valence-electron chi connectivity index (χ2n) is 2.89. The summed E-state index contributed by atoms with van der Waals surface area (Å²) in [5.74, 6) is -0.815. The molecule has 1 aromatic rings. The standard InChI is InChI=1S/C9H9FO3S.Na/c1-6(11)4-7-2-3-8(10)9(5-7)14(12)13;/h2-3,5H,4H2,1H3,(H,12,13);. The summed E-state index contributed by atoms with van der Waals surface area (Å²) in [6, 6.07) is 3.74. The molecule has 1 atom stereocenters. The molecule has 0 aliphatic heterocycles. The van der Waals surface area contributed by atoms with E-state index in [2.05, 4.69) is 0 Å².